The number of alkyl halides is 2. The van der Waals surface area contributed by atoms with E-state index in [-0.39, 0.29) is 36.4 Å². The van der Waals surface area contributed by atoms with E-state index in [0.717, 1.165) is 4.90 Å². The second kappa shape index (κ2) is 7.60. The van der Waals surface area contributed by atoms with Crippen LogP contribution in [0.5, 0.6) is 0 Å². The molecule has 3 N–H and O–H groups in total. The van der Waals surface area contributed by atoms with Crippen molar-refractivity contribution < 1.29 is 28.0 Å². The first-order valence-electron chi connectivity index (χ1n) is 9.44. The molecule has 29 heavy (non-hydrogen) atoms. The summed E-state index contributed by atoms with van der Waals surface area (Å²) in [6.07, 6.45) is -2.47. The van der Waals surface area contributed by atoms with E-state index in [1.165, 1.54) is 6.07 Å². The van der Waals surface area contributed by atoms with E-state index in [0.29, 0.717) is 18.7 Å². The third kappa shape index (κ3) is 3.42. The van der Waals surface area contributed by atoms with Crippen LogP contribution in [0, 0.1) is 5.92 Å². The first-order valence-corrected chi connectivity index (χ1v) is 9.44. The molecule has 3 aliphatic heterocycles. The molecule has 0 aromatic heterocycles. The Bertz CT molecular complexity index is 887. The van der Waals surface area contributed by atoms with Gasteiger partial charge in [0.15, 0.2) is 0 Å². The van der Waals surface area contributed by atoms with Crippen LogP contribution >= 0.6 is 0 Å². The van der Waals surface area contributed by atoms with Crippen molar-refractivity contribution in [2.24, 2.45) is 5.92 Å². The number of hydrogen-bond acceptors (Lipinski definition) is 6. The smallest absolute Gasteiger partial charge is 0.262 e. The van der Waals surface area contributed by atoms with Crippen LogP contribution < -0.4 is 16.0 Å². The van der Waals surface area contributed by atoms with Gasteiger partial charge in [-0.2, -0.15) is 0 Å². The highest BCUT2D eigenvalue weighted by Gasteiger charge is 2.45. The molecule has 0 radical (unpaired) electrons. The van der Waals surface area contributed by atoms with Crippen LogP contribution in [0.2, 0.25) is 0 Å². The van der Waals surface area contributed by atoms with Gasteiger partial charge in [-0.15, -0.1) is 0 Å². The summed E-state index contributed by atoms with van der Waals surface area (Å²) in [4.78, 5) is 50.2. The molecule has 0 saturated carbocycles. The molecular weight excluding hydrogens is 386 g/mol. The average Bonchev–Trinajstić information content (AvgIpc) is 2.88. The fourth-order valence-corrected chi connectivity index (χ4v) is 3.99. The highest BCUT2D eigenvalue weighted by atomic mass is 19.3. The highest BCUT2D eigenvalue weighted by molar-refractivity contribution is 6.24. The molecule has 2 unspecified atom stereocenters. The lowest BCUT2D eigenvalue weighted by Crippen LogP contribution is -2.56. The second-order valence-corrected chi connectivity index (χ2v) is 7.45. The van der Waals surface area contributed by atoms with Gasteiger partial charge < -0.3 is 10.6 Å². The van der Waals surface area contributed by atoms with Crippen molar-refractivity contribution in [1.29, 1.82) is 0 Å². The number of hydrogen-bond donors (Lipinski definition) is 3. The van der Waals surface area contributed by atoms with E-state index in [2.05, 4.69) is 16.0 Å². The molecule has 0 spiro atoms. The number of rotatable bonds is 6. The molecule has 8 nitrogen and oxygen atoms in total. The average molecular weight is 406 g/mol. The van der Waals surface area contributed by atoms with Gasteiger partial charge in [0.25, 0.3) is 18.2 Å². The minimum Gasteiger partial charge on any atom is -0.316 e. The van der Waals surface area contributed by atoms with Crippen LogP contribution in [-0.4, -0.2) is 60.1 Å². The van der Waals surface area contributed by atoms with Gasteiger partial charge in [0, 0.05) is 32.0 Å². The fraction of sp³-hybridized carbons (Fsp3) is 0.474. The first-order chi connectivity index (χ1) is 13.9. The summed E-state index contributed by atoms with van der Waals surface area (Å²) in [6.45, 7) is 0.988. The molecule has 10 heteroatoms. The summed E-state index contributed by atoms with van der Waals surface area (Å²) in [5.41, 5.74) is 0.681. The Balaban J connectivity index is 1.56. The van der Waals surface area contributed by atoms with E-state index in [1.807, 2.05) is 0 Å². The summed E-state index contributed by atoms with van der Waals surface area (Å²) >= 11 is 0. The number of benzene rings is 1. The molecule has 4 rings (SSSR count). The molecule has 4 amide bonds. The molecule has 3 aliphatic rings. The maximum atomic E-state index is 13.4. The summed E-state index contributed by atoms with van der Waals surface area (Å²) in [6, 6.07) is 2.58. The van der Waals surface area contributed by atoms with Crippen LogP contribution in [-0.2, 0) is 16.1 Å². The van der Waals surface area contributed by atoms with Crippen molar-refractivity contribution in [3.63, 3.8) is 0 Å². The number of amides is 4. The van der Waals surface area contributed by atoms with Gasteiger partial charge in [0.05, 0.1) is 17.2 Å². The topological polar surface area (TPSA) is 108 Å². The van der Waals surface area contributed by atoms with E-state index >= 15 is 0 Å². The quantitative estimate of drug-likeness (QED) is 0.576. The molecular formula is C19H20F2N4O4. The van der Waals surface area contributed by atoms with E-state index in [9.17, 15) is 28.0 Å². The number of fused-ring (bicyclic) bond motifs is 1. The van der Waals surface area contributed by atoms with Crippen molar-refractivity contribution in [2.75, 3.05) is 13.1 Å². The summed E-state index contributed by atoms with van der Waals surface area (Å²) in [5.74, 6) is -2.60. The van der Waals surface area contributed by atoms with Crippen molar-refractivity contribution in [3.8, 4) is 0 Å². The number of imide groups is 2. The van der Waals surface area contributed by atoms with Crippen molar-refractivity contribution in [1.82, 2.24) is 20.9 Å². The van der Waals surface area contributed by atoms with Crippen LogP contribution in [0.15, 0.2) is 18.2 Å². The van der Waals surface area contributed by atoms with E-state index < -0.39 is 42.1 Å². The second-order valence-electron chi connectivity index (χ2n) is 7.45. The predicted molar refractivity (Wildman–Crippen MR) is 96.1 cm³/mol. The molecule has 1 aromatic rings. The zero-order valence-electron chi connectivity index (χ0n) is 15.4. The maximum Gasteiger partial charge on any atom is 0.262 e. The van der Waals surface area contributed by atoms with E-state index in [4.69, 9.17) is 0 Å². The van der Waals surface area contributed by atoms with Gasteiger partial charge in [-0.3, -0.25) is 29.4 Å². The molecule has 154 valence electrons. The molecule has 0 aliphatic carbocycles. The Morgan fingerprint density at radius 2 is 1.90 bits per heavy atom. The monoisotopic (exact) mass is 406 g/mol. The summed E-state index contributed by atoms with van der Waals surface area (Å²) in [7, 11) is 0. The highest BCUT2D eigenvalue weighted by Crippen LogP contribution is 2.30. The third-order valence-corrected chi connectivity index (χ3v) is 5.68. The number of piperidine rings is 1. The zero-order valence-corrected chi connectivity index (χ0v) is 15.4. The predicted octanol–water partition coefficient (Wildman–Crippen LogP) is 0.0305. The van der Waals surface area contributed by atoms with Crippen LogP contribution in [0.1, 0.15) is 39.1 Å². The Kier molecular flexibility index (Phi) is 5.13. The Morgan fingerprint density at radius 1 is 1.14 bits per heavy atom. The molecule has 2 saturated heterocycles. The minimum atomic E-state index is -2.56. The Morgan fingerprint density at radius 3 is 2.52 bits per heavy atom. The van der Waals surface area contributed by atoms with Crippen LogP contribution in [0.3, 0.4) is 0 Å². The molecule has 1 aromatic carbocycles. The third-order valence-electron chi connectivity index (χ3n) is 5.68. The van der Waals surface area contributed by atoms with Gasteiger partial charge in [0.1, 0.15) is 6.04 Å². The fourth-order valence-electron chi connectivity index (χ4n) is 3.99. The molecule has 2 atom stereocenters. The number of nitrogens with zero attached hydrogens (tertiary/aromatic N) is 1. The van der Waals surface area contributed by atoms with Gasteiger partial charge >= 0.3 is 0 Å². The van der Waals surface area contributed by atoms with Crippen molar-refractivity contribution in [3.05, 3.63) is 34.9 Å². The lowest BCUT2D eigenvalue weighted by molar-refractivity contribution is -0.136. The number of nitrogens with one attached hydrogen (secondary N) is 3. The number of carbonyl (C=O) groups excluding carboxylic acids is 4. The summed E-state index contributed by atoms with van der Waals surface area (Å²) < 4.78 is 26.7. The Labute approximate surface area is 165 Å². The van der Waals surface area contributed by atoms with Gasteiger partial charge in [0.2, 0.25) is 11.8 Å². The molecule has 3 heterocycles. The standard InChI is InChI=1S/C19H20F2N4O4/c20-16(21)15(10-6-22-7-10)23-8-9-2-1-3-11-14(9)19(29)25(18(11)28)12-4-5-13(26)24-17(12)27/h1-3,10,12,15-16,22-23H,4-8H2,(H,24,26,27). The van der Waals surface area contributed by atoms with Crippen LogP contribution in [0.25, 0.3) is 0 Å². The van der Waals surface area contributed by atoms with Gasteiger partial charge in [-0.1, -0.05) is 12.1 Å². The van der Waals surface area contributed by atoms with Crippen molar-refractivity contribution in [2.45, 2.75) is 37.9 Å². The van der Waals surface area contributed by atoms with Gasteiger partial charge in [-0.05, 0) is 18.1 Å². The lowest BCUT2D eigenvalue weighted by Gasteiger charge is -2.35. The van der Waals surface area contributed by atoms with E-state index in [1.54, 1.807) is 12.1 Å². The van der Waals surface area contributed by atoms with Gasteiger partial charge in [-0.25, -0.2) is 8.78 Å². The maximum absolute atomic E-state index is 13.4. The minimum absolute atomic E-state index is 0.00309. The SMILES string of the molecule is O=C1CCC(N2C(=O)c3cccc(CNC(C(F)F)C4CNC4)c3C2=O)C(=O)N1. The zero-order chi connectivity index (χ0) is 20.7. The Hall–Kier alpha value is -2.72. The summed E-state index contributed by atoms with van der Waals surface area (Å²) in [5, 5.41) is 7.91. The molecule has 0 bridgehead atoms. The largest absolute Gasteiger partial charge is 0.316 e. The van der Waals surface area contributed by atoms with Crippen LogP contribution in [0.4, 0.5) is 8.78 Å². The first kappa shape index (κ1) is 19.6. The number of carbonyl (C=O) groups is 4. The number of halogens is 2. The van der Waals surface area contributed by atoms with Crippen molar-refractivity contribution >= 4 is 23.6 Å². The lowest BCUT2D eigenvalue weighted by atomic mass is 9.93. The molecule has 2 fully saturated rings. The normalized spacial score (nSPS) is 23.3.